The van der Waals surface area contributed by atoms with Crippen molar-refractivity contribution in [3.63, 3.8) is 0 Å². The molecule has 0 fully saturated rings. The van der Waals surface area contributed by atoms with Crippen molar-refractivity contribution in [3.05, 3.63) is 100 Å². The summed E-state index contributed by atoms with van der Waals surface area (Å²) >= 11 is 0. The molecule has 9 heteroatoms. The molecule has 0 saturated carbocycles. The molecule has 0 aliphatic carbocycles. The molecule has 162 valence electrons. The van der Waals surface area contributed by atoms with Crippen LogP contribution in [0, 0.1) is 12.7 Å². The van der Waals surface area contributed by atoms with Crippen LogP contribution in [0.3, 0.4) is 0 Å². The van der Waals surface area contributed by atoms with Gasteiger partial charge in [-0.15, -0.1) is 0 Å². The first-order valence-corrected chi connectivity index (χ1v) is 10.1. The van der Waals surface area contributed by atoms with Gasteiger partial charge in [-0.25, -0.2) is 9.37 Å². The van der Waals surface area contributed by atoms with Crippen LogP contribution < -0.4 is 11.0 Å². The lowest BCUT2D eigenvalue weighted by atomic mass is 10.1. The highest BCUT2D eigenvalue weighted by Gasteiger charge is 2.20. The summed E-state index contributed by atoms with van der Waals surface area (Å²) in [5.74, 6) is -0.663. The largest absolute Gasteiger partial charge is 0.298 e. The van der Waals surface area contributed by atoms with Gasteiger partial charge in [0, 0.05) is 23.5 Å². The van der Waals surface area contributed by atoms with Crippen LogP contribution in [-0.2, 0) is 0 Å². The second-order valence-electron chi connectivity index (χ2n) is 7.43. The van der Waals surface area contributed by atoms with Crippen LogP contribution in [-0.4, -0.2) is 30.7 Å². The molecule has 1 amide bonds. The van der Waals surface area contributed by atoms with E-state index in [4.69, 9.17) is 4.98 Å². The maximum Gasteiger partial charge on any atom is 0.298 e. The van der Waals surface area contributed by atoms with Crippen molar-refractivity contribution in [1.29, 1.82) is 0 Å². The van der Waals surface area contributed by atoms with Gasteiger partial charge in [-0.1, -0.05) is 23.8 Å². The van der Waals surface area contributed by atoms with Crippen LogP contribution in [0.1, 0.15) is 15.9 Å². The minimum atomic E-state index is -0.533. The van der Waals surface area contributed by atoms with Crippen molar-refractivity contribution < 1.29 is 9.18 Å². The van der Waals surface area contributed by atoms with Crippen molar-refractivity contribution >= 4 is 16.9 Å². The molecule has 2 N–H and O–H groups in total. The summed E-state index contributed by atoms with van der Waals surface area (Å²) in [4.78, 5) is 34.9. The number of benzene rings is 2. The summed E-state index contributed by atoms with van der Waals surface area (Å²) in [6.07, 6.45) is 2.96. The quantitative estimate of drug-likeness (QED) is 0.444. The number of halogens is 1. The van der Waals surface area contributed by atoms with Crippen LogP contribution in [0.15, 0.2) is 77.9 Å². The Balaban J connectivity index is 1.72. The summed E-state index contributed by atoms with van der Waals surface area (Å²) < 4.78 is 14.5. The van der Waals surface area contributed by atoms with Gasteiger partial charge in [-0.3, -0.25) is 25.1 Å². The number of pyridine rings is 1. The number of nitrogens with zero attached hydrogens (tertiary/aromatic N) is 4. The molecule has 0 aliphatic rings. The zero-order chi connectivity index (χ0) is 22.9. The Morgan fingerprint density at radius 2 is 1.88 bits per heavy atom. The normalized spacial score (nSPS) is 11.0. The Morgan fingerprint density at radius 3 is 2.61 bits per heavy atom. The lowest BCUT2D eigenvalue weighted by Crippen LogP contribution is -2.35. The molecule has 5 rings (SSSR count). The minimum absolute atomic E-state index is 0.109. The predicted molar refractivity (Wildman–Crippen MR) is 122 cm³/mol. The first-order valence-electron chi connectivity index (χ1n) is 10.1. The molecule has 2 aromatic carbocycles. The maximum absolute atomic E-state index is 13.4. The van der Waals surface area contributed by atoms with Crippen LogP contribution in [0.4, 0.5) is 4.39 Å². The third-order valence-corrected chi connectivity index (χ3v) is 5.12. The average Bonchev–Trinajstić information content (AvgIpc) is 3.26. The van der Waals surface area contributed by atoms with E-state index < -0.39 is 11.5 Å². The fourth-order valence-electron chi connectivity index (χ4n) is 3.51. The van der Waals surface area contributed by atoms with E-state index in [0.29, 0.717) is 22.3 Å². The molecule has 5 aromatic rings. The predicted octanol–water partition coefficient (Wildman–Crippen LogP) is 3.68. The van der Waals surface area contributed by atoms with Crippen LogP contribution in [0.2, 0.25) is 0 Å². The molecule has 0 spiro atoms. The number of aromatic nitrogens is 5. The Bertz CT molecular complexity index is 1540. The highest BCUT2D eigenvalue weighted by molar-refractivity contribution is 6.00. The zero-order valence-corrected chi connectivity index (χ0v) is 17.4. The Labute approximate surface area is 186 Å². The second kappa shape index (κ2) is 8.12. The van der Waals surface area contributed by atoms with E-state index in [0.717, 1.165) is 10.2 Å². The molecule has 0 aliphatic heterocycles. The summed E-state index contributed by atoms with van der Waals surface area (Å²) in [6.45, 7) is 1.92. The molecule has 33 heavy (non-hydrogen) atoms. The maximum atomic E-state index is 13.4. The summed E-state index contributed by atoms with van der Waals surface area (Å²) in [5, 5.41) is 6.95. The van der Waals surface area contributed by atoms with E-state index in [1.807, 2.05) is 25.1 Å². The van der Waals surface area contributed by atoms with E-state index in [9.17, 15) is 14.0 Å². The molecule has 3 heterocycles. The minimum Gasteiger partial charge on any atom is -0.270 e. The third kappa shape index (κ3) is 3.76. The van der Waals surface area contributed by atoms with E-state index in [-0.39, 0.29) is 22.7 Å². The molecule has 0 radical (unpaired) electrons. The molecule has 0 atom stereocenters. The van der Waals surface area contributed by atoms with Gasteiger partial charge in [0.05, 0.1) is 5.56 Å². The molecular formula is C24H17FN6O2. The van der Waals surface area contributed by atoms with Gasteiger partial charge < -0.3 is 0 Å². The van der Waals surface area contributed by atoms with E-state index in [2.05, 4.69) is 20.6 Å². The number of aryl methyl sites for hydroxylation is 1. The molecular weight excluding hydrogens is 423 g/mol. The number of hydrogen-bond acceptors (Lipinski definition) is 5. The number of hydrogen-bond donors (Lipinski definition) is 2. The molecule has 0 bridgehead atoms. The average molecular weight is 440 g/mol. The highest BCUT2D eigenvalue weighted by atomic mass is 19.1. The molecule has 8 nitrogen and oxygen atoms in total. The van der Waals surface area contributed by atoms with Gasteiger partial charge in [-0.2, -0.15) is 9.77 Å². The fourth-order valence-corrected chi connectivity index (χ4v) is 3.51. The van der Waals surface area contributed by atoms with E-state index in [1.54, 1.807) is 36.5 Å². The highest BCUT2D eigenvalue weighted by Crippen LogP contribution is 2.26. The molecule has 3 aromatic heterocycles. The number of amides is 1. The van der Waals surface area contributed by atoms with Gasteiger partial charge in [0.1, 0.15) is 17.0 Å². The first-order chi connectivity index (χ1) is 16.0. The van der Waals surface area contributed by atoms with Gasteiger partial charge >= 0.3 is 0 Å². The second-order valence-corrected chi connectivity index (χ2v) is 7.43. The van der Waals surface area contributed by atoms with E-state index in [1.165, 1.54) is 18.3 Å². The SMILES string of the molecule is Cc1cccc(-c2nc3c(-c4ccc(F)cc4)n[nH]c3c(=O)n2NC(=O)c2cccnc2)c1. The smallest absolute Gasteiger partial charge is 0.270 e. The Morgan fingerprint density at radius 1 is 1.06 bits per heavy atom. The van der Waals surface area contributed by atoms with Gasteiger partial charge in [0.25, 0.3) is 11.5 Å². The lowest BCUT2D eigenvalue weighted by Gasteiger charge is -2.14. The van der Waals surface area contributed by atoms with Crippen LogP contribution in [0.5, 0.6) is 0 Å². The summed E-state index contributed by atoms with van der Waals surface area (Å²) in [5.41, 5.74) is 5.40. The lowest BCUT2D eigenvalue weighted by molar-refractivity contribution is 0.101. The Kier molecular flexibility index (Phi) is 4.98. The number of H-pyrrole nitrogens is 1. The van der Waals surface area contributed by atoms with Crippen molar-refractivity contribution in [3.8, 4) is 22.6 Å². The summed E-state index contributed by atoms with van der Waals surface area (Å²) in [6, 6.07) is 16.4. The number of carbonyl (C=O) groups is 1. The number of aromatic amines is 1. The topological polar surface area (TPSA) is 106 Å². The number of carbonyl (C=O) groups excluding carboxylic acids is 1. The number of nitrogens with one attached hydrogen (secondary N) is 2. The molecule has 0 saturated heterocycles. The zero-order valence-electron chi connectivity index (χ0n) is 17.4. The van der Waals surface area contributed by atoms with Gasteiger partial charge in [0.2, 0.25) is 0 Å². The standard InChI is InChI=1S/C24H17FN6O2/c1-14-4-2-5-16(12-14)22-27-20-19(15-7-9-18(25)10-8-15)28-29-21(20)24(33)31(22)30-23(32)17-6-3-11-26-13-17/h2-13H,1H3,(H,28,29)(H,30,32). The monoisotopic (exact) mass is 440 g/mol. The van der Waals surface area contributed by atoms with E-state index >= 15 is 0 Å². The van der Waals surface area contributed by atoms with Crippen LogP contribution >= 0.6 is 0 Å². The molecule has 0 unspecified atom stereocenters. The first kappa shape index (κ1) is 20.3. The van der Waals surface area contributed by atoms with Gasteiger partial charge in [-0.05, 0) is 49.4 Å². The van der Waals surface area contributed by atoms with Gasteiger partial charge in [0.15, 0.2) is 11.3 Å². The van der Waals surface area contributed by atoms with Crippen LogP contribution in [0.25, 0.3) is 33.7 Å². The Hall–Kier alpha value is -4.66. The fraction of sp³-hybridized carbons (Fsp3) is 0.0417. The van der Waals surface area contributed by atoms with Crippen molar-refractivity contribution in [2.75, 3.05) is 5.43 Å². The van der Waals surface area contributed by atoms with Crippen molar-refractivity contribution in [2.24, 2.45) is 0 Å². The van der Waals surface area contributed by atoms with Crippen molar-refractivity contribution in [1.82, 2.24) is 24.8 Å². The number of fused-ring (bicyclic) bond motifs is 1. The number of rotatable bonds is 4. The summed E-state index contributed by atoms with van der Waals surface area (Å²) in [7, 11) is 0. The van der Waals surface area contributed by atoms with Crippen molar-refractivity contribution in [2.45, 2.75) is 6.92 Å². The third-order valence-electron chi connectivity index (χ3n) is 5.12.